The van der Waals surface area contributed by atoms with E-state index in [9.17, 15) is 40.3 Å². The highest BCUT2D eigenvalue weighted by molar-refractivity contribution is 6.33. The standard InChI is InChI=1S/C20H15ClF7N3O3/c1-9-14-12(30-31-17(33)18(22,23)19(24,25)20(26,27)28)7-4-8-13(14)34-15(9)16(32)29-11-6-3-2-5-10(11)21/h2-3,5-6H,4,7-8H2,1H3,(H,29,32)(H,31,33)/b30-12+. The number of fused-ring (bicyclic) bond motifs is 1. The zero-order valence-corrected chi connectivity index (χ0v) is 17.9. The Morgan fingerprint density at radius 1 is 1.06 bits per heavy atom. The first kappa shape index (κ1) is 25.5. The molecule has 1 heterocycles. The van der Waals surface area contributed by atoms with Crippen molar-refractivity contribution in [1.29, 1.82) is 0 Å². The molecule has 14 heteroatoms. The molecule has 0 spiro atoms. The molecule has 34 heavy (non-hydrogen) atoms. The van der Waals surface area contributed by atoms with Crippen LogP contribution in [0.5, 0.6) is 0 Å². The Labute approximate surface area is 192 Å². The molecule has 0 saturated carbocycles. The normalized spacial score (nSPS) is 15.7. The van der Waals surface area contributed by atoms with Crippen molar-refractivity contribution < 1.29 is 44.7 Å². The number of aryl methyl sites for hydroxylation is 1. The number of hydrazone groups is 1. The lowest BCUT2D eigenvalue weighted by Crippen LogP contribution is -2.58. The fraction of sp³-hybridized carbons (Fsp3) is 0.350. The Morgan fingerprint density at radius 2 is 1.71 bits per heavy atom. The van der Waals surface area contributed by atoms with Gasteiger partial charge in [0.05, 0.1) is 16.4 Å². The molecule has 0 bridgehead atoms. The zero-order valence-electron chi connectivity index (χ0n) is 17.1. The maximum absolute atomic E-state index is 13.5. The number of carbonyl (C=O) groups excluding carboxylic acids is 2. The summed E-state index contributed by atoms with van der Waals surface area (Å²) in [7, 11) is 0. The summed E-state index contributed by atoms with van der Waals surface area (Å²) in [6, 6.07) is 6.31. The van der Waals surface area contributed by atoms with E-state index in [-0.39, 0.29) is 45.5 Å². The van der Waals surface area contributed by atoms with Crippen LogP contribution in [0.4, 0.5) is 36.4 Å². The van der Waals surface area contributed by atoms with Gasteiger partial charge in [0.2, 0.25) is 0 Å². The number of rotatable bonds is 5. The van der Waals surface area contributed by atoms with E-state index < -0.39 is 29.8 Å². The van der Waals surface area contributed by atoms with Gasteiger partial charge in [0.1, 0.15) is 5.76 Å². The monoisotopic (exact) mass is 513 g/mol. The second kappa shape index (κ2) is 8.93. The van der Waals surface area contributed by atoms with E-state index in [4.69, 9.17) is 16.0 Å². The molecular weight excluding hydrogens is 499 g/mol. The van der Waals surface area contributed by atoms with E-state index in [0.29, 0.717) is 12.8 Å². The van der Waals surface area contributed by atoms with Gasteiger partial charge in [-0.1, -0.05) is 23.7 Å². The van der Waals surface area contributed by atoms with E-state index in [1.165, 1.54) is 19.1 Å². The number of amides is 2. The lowest BCUT2D eigenvalue weighted by molar-refractivity contribution is -0.344. The van der Waals surface area contributed by atoms with Crippen molar-refractivity contribution in [3.63, 3.8) is 0 Å². The van der Waals surface area contributed by atoms with Crippen molar-refractivity contribution >= 4 is 34.8 Å². The van der Waals surface area contributed by atoms with Gasteiger partial charge >= 0.3 is 23.9 Å². The number of furan rings is 1. The molecular formula is C20H15ClF7N3O3. The number of halogens is 8. The summed E-state index contributed by atoms with van der Waals surface area (Å²) in [5, 5.41) is 6.11. The molecule has 184 valence electrons. The number of benzene rings is 1. The highest BCUT2D eigenvalue weighted by Crippen LogP contribution is 2.46. The molecule has 0 unspecified atom stereocenters. The van der Waals surface area contributed by atoms with Crippen molar-refractivity contribution in [3.05, 3.63) is 51.9 Å². The summed E-state index contributed by atoms with van der Waals surface area (Å²) in [5.74, 6) is -16.4. The molecule has 3 rings (SSSR count). The number of alkyl halides is 7. The van der Waals surface area contributed by atoms with Gasteiger partial charge in [-0.25, -0.2) is 5.43 Å². The molecule has 1 aromatic carbocycles. The number of hydrogen-bond acceptors (Lipinski definition) is 4. The molecule has 2 amide bonds. The van der Waals surface area contributed by atoms with Crippen molar-refractivity contribution in [2.45, 2.75) is 44.2 Å². The van der Waals surface area contributed by atoms with Crippen LogP contribution in [0.3, 0.4) is 0 Å². The molecule has 1 aliphatic carbocycles. The van der Waals surface area contributed by atoms with Crippen LogP contribution in [-0.4, -0.2) is 35.5 Å². The van der Waals surface area contributed by atoms with Gasteiger partial charge in [-0.05, 0) is 31.9 Å². The minimum absolute atomic E-state index is 0.0421. The smallest absolute Gasteiger partial charge is 0.455 e. The highest BCUT2D eigenvalue weighted by atomic mass is 35.5. The summed E-state index contributed by atoms with van der Waals surface area (Å²) in [6.45, 7) is 1.43. The van der Waals surface area contributed by atoms with E-state index in [1.54, 1.807) is 12.1 Å². The van der Waals surface area contributed by atoms with Crippen LogP contribution >= 0.6 is 11.6 Å². The molecule has 0 fully saturated rings. The molecule has 0 aliphatic heterocycles. The Kier molecular flexibility index (Phi) is 6.71. The lowest BCUT2D eigenvalue weighted by Gasteiger charge is -2.26. The van der Waals surface area contributed by atoms with Gasteiger partial charge in [-0.15, -0.1) is 0 Å². The predicted molar refractivity (Wildman–Crippen MR) is 106 cm³/mol. The number of hydrogen-bond donors (Lipinski definition) is 2. The lowest BCUT2D eigenvalue weighted by atomic mass is 9.93. The average Bonchev–Trinajstić information content (AvgIpc) is 3.10. The summed E-state index contributed by atoms with van der Waals surface area (Å²) in [4.78, 5) is 24.1. The zero-order chi connectivity index (χ0) is 25.5. The van der Waals surface area contributed by atoms with Crippen LogP contribution in [0.2, 0.25) is 5.02 Å². The molecule has 2 aromatic rings. The molecule has 0 atom stereocenters. The number of carbonyl (C=O) groups is 2. The topological polar surface area (TPSA) is 83.7 Å². The van der Waals surface area contributed by atoms with Crippen LogP contribution in [0, 0.1) is 6.92 Å². The number of para-hydroxylation sites is 1. The van der Waals surface area contributed by atoms with Crippen molar-refractivity contribution in [2.75, 3.05) is 5.32 Å². The Hall–Kier alpha value is -3.09. The maximum atomic E-state index is 13.5. The van der Waals surface area contributed by atoms with Gasteiger partial charge in [0.15, 0.2) is 5.76 Å². The minimum atomic E-state index is -6.66. The fourth-order valence-corrected chi connectivity index (χ4v) is 3.43. The third-order valence-corrected chi connectivity index (χ3v) is 5.31. The highest BCUT2D eigenvalue weighted by Gasteiger charge is 2.76. The van der Waals surface area contributed by atoms with Crippen molar-refractivity contribution in [3.8, 4) is 0 Å². The van der Waals surface area contributed by atoms with Gasteiger partial charge in [-0.3, -0.25) is 9.59 Å². The second-order valence-electron chi connectivity index (χ2n) is 7.29. The van der Waals surface area contributed by atoms with Gasteiger partial charge in [0, 0.05) is 17.5 Å². The SMILES string of the molecule is Cc1c(C(=O)Nc2ccccc2Cl)oc2c1/C(=N/NC(=O)C(F)(F)C(F)(F)C(F)(F)F)CCC2. The maximum Gasteiger partial charge on any atom is 0.460 e. The number of anilines is 1. The summed E-state index contributed by atoms with van der Waals surface area (Å²) in [6.07, 6.45) is -6.01. The first-order valence-corrected chi connectivity index (χ1v) is 9.94. The fourth-order valence-electron chi connectivity index (χ4n) is 3.25. The second-order valence-corrected chi connectivity index (χ2v) is 7.70. The third kappa shape index (κ3) is 4.48. The van der Waals surface area contributed by atoms with Crippen LogP contribution in [0.1, 0.15) is 40.3 Å². The molecule has 6 nitrogen and oxygen atoms in total. The van der Waals surface area contributed by atoms with Crippen LogP contribution in [-0.2, 0) is 11.2 Å². The quantitative estimate of drug-likeness (QED) is 0.410. The van der Waals surface area contributed by atoms with E-state index in [1.807, 2.05) is 0 Å². The first-order valence-electron chi connectivity index (χ1n) is 9.56. The predicted octanol–water partition coefficient (Wildman–Crippen LogP) is 5.48. The van der Waals surface area contributed by atoms with Crippen LogP contribution < -0.4 is 10.7 Å². The molecule has 1 aromatic heterocycles. The Morgan fingerprint density at radius 3 is 2.32 bits per heavy atom. The largest absolute Gasteiger partial charge is 0.460 e. The Bertz CT molecular complexity index is 1160. The van der Waals surface area contributed by atoms with Gasteiger partial charge in [0.25, 0.3) is 5.91 Å². The van der Waals surface area contributed by atoms with E-state index in [2.05, 4.69) is 10.4 Å². The van der Waals surface area contributed by atoms with Crippen molar-refractivity contribution in [2.24, 2.45) is 5.10 Å². The third-order valence-electron chi connectivity index (χ3n) is 4.98. The Balaban J connectivity index is 1.86. The molecule has 1 aliphatic rings. The van der Waals surface area contributed by atoms with Crippen LogP contribution in [0.25, 0.3) is 0 Å². The summed E-state index contributed by atoms with van der Waals surface area (Å²) < 4.78 is 95.6. The van der Waals surface area contributed by atoms with E-state index >= 15 is 0 Å². The van der Waals surface area contributed by atoms with Crippen LogP contribution in [0.15, 0.2) is 33.8 Å². The number of nitrogens with zero attached hydrogens (tertiary/aromatic N) is 1. The molecule has 2 N–H and O–H groups in total. The summed E-state index contributed by atoms with van der Waals surface area (Å²) in [5.41, 5.74) is 1.58. The summed E-state index contributed by atoms with van der Waals surface area (Å²) >= 11 is 6.00. The first-order chi connectivity index (χ1) is 15.7. The molecule has 0 radical (unpaired) electrons. The van der Waals surface area contributed by atoms with Gasteiger partial charge < -0.3 is 9.73 Å². The van der Waals surface area contributed by atoms with Gasteiger partial charge in [-0.2, -0.15) is 35.8 Å². The average molecular weight is 514 g/mol. The number of nitrogens with one attached hydrogen (secondary N) is 2. The van der Waals surface area contributed by atoms with Crippen molar-refractivity contribution in [1.82, 2.24) is 5.43 Å². The van der Waals surface area contributed by atoms with E-state index in [0.717, 1.165) is 5.43 Å². The minimum Gasteiger partial charge on any atom is -0.455 e. The molecule has 0 saturated heterocycles.